The minimum Gasteiger partial charge on any atom is -0.395 e. The lowest BCUT2D eigenvalue weighted by Gasteiger charge is -2.37. The quantitative estimate of drug-likeness (QED) is 0.440. The van der Waals surface area contributed by atoms with Crippen molar-refractivity contribution in [3.63, 3.8) is 0 Å². The molecule has 2 amide bonds. The van der Waals surface area contributed by atoms with Crippen LogP contribution in [-0.2, 0) is 0 Å². The lowest BCUT2D eigenvalue weighted by molar-refractivity contribution is -0.402. The van der Waals surface area contributed by atoms with Gasteiger partial charge in [0.15, 0.2) is 5.76 Å². The molecule has 1 aromatic heterocycles. The second-order valence-electron chi connectivity index (χ2n) is 7.27. The van der Waals surface area contributed by atoms with Crippen LogP contribution in [-0.4, -0.2) is 47.8 Å². The van der Waals surface area contributed by atoms with Crippen molar-refractivity contribution in [1.82, 2.24) is 4.90 Å². The Morgan fingerprint density at radius 1 is 1.06 bits per heavy atom. The molecule has 1 saturated heterocycles. The number of piperazine rings is 1. The topological polar surface area (TPSA) is 109 Å². The molecule has 0 radical (unpaired) electrons. The summed E-state index contributed by atoms with van der Waals surface area (Å²) >= 11 is 6.11. The number of rotatable bonds is 5. The predicted octanol–water partition coefficient (Wildman–Crippen LogP) is 4.20. The third kappa shape index (κ3) is 4.80. The molecule has 0 atom stereocenters. The molecule has 11 heteroatoms. The van der Waals surface area contributed by atoms with Crippen molar-refractivity contribution in [2.75, 3.05) is 36.4 Å². The standard InChI is InChI=1S/C22H18ClFN4O5/c23-14-5-6-18(17(13-14)25-21(29)19-7-8-20(33-19)28(31)32)26-9-11-27(12-10-26)22(30)15-3-1-2-4-16(15)24/h1-8,13H,9-12H2,(H,25,29). The first-order valence-electron chi connectivity index (χ1n) is 9.97. The maximum Gasteiger partial charge on any atom is 0.433 e. The third-order valence-electron chi connectivity index (χ3n) is 5.21. The van der Waals surface area contributed by atoms with Gasteiger partial charge in [0, 0.05) is 31.2 Å². The van der Waals surface area contributed by atoms with E-state index >= 15 is 0 Å². The van der Waals surface area contributed by atoms with Crippen LogP contribution in [0.5, 0.6) is 0 Å². The molecule has 1 N–H and O–H groups in total. The summed E-state index contributed by atoms with van der Waals surface area (Å²) in [6.07, 6.45) is 0. The van der Waals surface area contributed by atoms with Crippen molar-refractivity contribution in [3.05, 3.63) is 86.9 Å². The molecule has 0 aliphatic carbocycles. The highest BCUT2D eigenvalue weighted by Crippen LogP contribution is 2.31. The fraction of sp³-hybridized carbons (Fsp3) is 0.182. The van der Waals surface area contributed by atoms with Gasteiger partial charge in [0.25, 0.3) is 11.8 Å². The minimum absolute atomic E-state index is 0.0259. The van der Waals surface area contributed by atoms with Gasteiger partial charge in [0.2, 0.25) is 0 Å². The van der Waals surface area contributed by atoms with E-state index in [1.807, 2.05) is 4.90 Å². The summed E-state index contributed by atoms with van der Waals surface area (Å²) in [5.41, 5.74) is 1.07. The van der Waals surface area contributed by atoms with Crippen LogP contribution in [0.25, 0.3) is 0 Å². The van der Waals surface area contributed by atoms with E-state index in [0.717, 1.165) is 6.07 Å². The zero-order valence-electron chi connectivity index (χ0n) is 17.2. The molecule has 0 bridgehead atoms. The van der Waals surface area contributed by atoms with Gasteiger partial charge >= 0.3 is 5.88 Å². The third-order valence-corrected chi connectivity index (χ3v) is 5.45. The van der Waals surface area contributed by atoms with Crippen molar-refractivity contribution >= 4 is 40.7 Å². The van der Waals surface area contributed by atoms with E-state index in [2.05, 4.69) is 5.32 Å². The number of nitrogens with zero attached hydrogens (tertiary/aromatic N) is 3. The molecule has 170 valence electrons. The lowest BCUT2D eigenvalue weighted by Crippen LogP contribution is -2.49. The average Bonchev–Trinajstić information content (AvgIpc) is 3.30. The molecule has 0 saturated carbocycles. The van der Waals surface area contributed by atoms with Gasteiger partial charge in [-0.15, -0.1) is 0 Å². The summed E-state index contributed by atoms with van der Waals surface area (Å²) in [7, 11) is 0. The van der Waals surface area contributed by atoms with Gasteiger partial charge in [-0.05, 0) is 36.4 Å². The Balaban J connectivity index is 1.48. The van der Waals surface area contributed by atoms with E-state index in [-0.39, 0.29) is 17.2 Å². The normalized spacial score (nSPS) is 13.6. The van der Waals surface area contributed by atoms with Crippen LogP contribution >= 0.6 is 11.6 Å². The molecule has 2 aromatic carbocycles. The molecule has 1 fully saturated rings. The van der Waals surface area contributed by atoms with Crippen molar-refractivity contribution in [1.29, 1.82) is 0 Å². The largest absolute Gasteiger partial charge is 0.433 e. The van der Waals surface area contributed by atoms with Gasteiger partial charge in [-0.25, -0.2) is 4.39 Å². The van der Waals surface area contributed by atoms with Gasteiger partial charge in [0.1, 0.15) is 10.7 Å². The van der Waals surface area contributed by atoms with Gasteiger partial charge in [0.05, 0.1) is 23.0 Å². The fourth-order valence-electron chi connectivity index (χ4n) is 3.57. The van der Waals surface area contributed by atoms with Crippen LogP contribution in [0.3, 0.4) is 0 Å². The van der Waals surface area contributed by atoms with Crippen LogP contribution in [0, 0.1) is 15.9 Å². The molecule has 4 rings (SSSR count). The van der Waals surface area contributed by atoms with Crippen LogP contribution < -0.4 is 10.2 Å². The number of hydrogen-bond donors (Lipinski definition) is 1. The van der Waals surface area contributed by atoms with Crippen LogP contribution in [0.15, 0.2) is 59.0 Å². The summed E-state index contributed by atoms with van der Waals surface area (Å²) in [6.45, 7) is 1.59. The molecule has 0 unspecified atom stereocenters. The van der Waals surface area contributed by atoms with E-state index in [4.69, 9.17) is 16.0 Å². The molecule has 0 spiro atoms. The maximum absolute atomic E-state index is 14.0. The molecule has 1 aliphatic heterocycles. The molecule has 33 heavy (non-hydrogen) atoms. The molecule has 2 heterocycles. The van der Waals surface area contributed by atoms with Crippen molar-refractivity contribution in [2.45, 2.75) is 0 Å². The monoisotopic (exact) mass is 472 g/mol. The number of nitro groups is 1. The van der Waals surface area contributed by atoms with Crippen molar-refractivity contribution in [3.8, 4) is 0 Å². The summed E-state index contributed by atoms with van der Waals surface area (Å²) in [5.74, 6) is -2.36. The summed E-state index contributed by atoms with van der Waals surface area (Å²) in [6, 6.07) is 13.1. The van der Waals surface area contributed by atoms with E-state index < -0.39 is 22.5 Å². The van der Waals surface area contributed by atoms with E-state index in [9.17, 15) is 24.1 Å². The molecular weight excluding hydrogens is 455 g/mol. The number of carbonyl (C=O) groups excluding carboxylic acids is 2. The van der Waals surface area contributed by atoms with Gasteiger partial charge in [-0.1, -0.05) is 23.7 Å². The van der Waals surface area contributed by atoms with Crippen molar-refractivity contribution < 1.29 is 23.3 Å². The number of carbonyl (C=O) groups is 2. The molecule has 1 aliphatic rings. The first-order chi connectivity index (χ1) is 15.8. The van der Waals surface area contributed by atoms with E-state index in [0.29, 0.717) is 42.6 Å². The van der Waals surface area contributed by atoms with Crippen LogP contribution in [0.2, 0.25) is 5.02 Å². The maximum atomic E-state index is 14.0. The Bertz CT molecular complexity index is 1220. The first-order valence-corrected chi connectivity index (χ1v) is 10.3. The molecule has 3 aromatic rings. The second-order valence-corrected chi connectivity index (χ2v) is 7.71. The number of nitrogens with one attached hydrogen (secondary N) is 1. The van der Waals surface area contributed by atoms with Gasteiger partial charge < -0.3 is 19.5 Å². The van der Waals surface area contributed by atoms with E-state index in [1.165, 1.54) is 24.3 Å². The van der Waals surface area contributed by atoms with Crippen LogP contribution in [0.4, 0.5) is 21.6 Å². The number of amides is 2. The van der Waals surface area contributed by atoms with E-state index in [1.54, 1.807) is 29.2 Å². The summed E-state index contributed by atoms with van der Waals surface area (Å²) in [4.78, 5) is 38.8. The van der Waals surface area contributed by atoms with Gasteiger partial charge in [-0.2, -0.15) is 0 Å². The number of furan rings is 1. The second kappa shape index (κ2) is 9.29. The SMILES string of the molecule is O=C(Nc1cc(Cl)ccc1N1CCN(C(=O)c2ccccc2F)CC1)c1ccc([N+](=O)[O-])o1. The highest BCUT2D eigenvalue weighted by molar-refractivity contribution is 6.31. The molecule has 9 nitrogen and oxygen atoms in total. The van der Waals surface area contributed by atoms with Gasteiger partial charge in [-0.3, -0.25) is 19.7 Å². The number of hydrogen-bond acceptors (Lipinski definition) is 6. The summed E-state index contributed by atoms with van der Waals surface area (Å²) in [5, 5.41) is 13.8. The fourth-order valence-corrected chi connectivity index (χ4v) is 3.74. The number of anilines is 2. The lowest BCUT2D eigenvalue weighted by atomic mass is 10.1. The Hall–Kier alpha value is -3.92. The summed E-state index contributed by atoms with van der Waals surface area (Å²) < 4.78 is 18.9. The number of benzene rings is 2. The Kier molecular flexibility index (Phi) is 6.27. The number of halogens is 2. The Morgan fingerprint density at radius 2 is 1.79 bits per heavy atom. The zero-order chi connectivity index (χ0) is 23.5. The van der Waals surface area contributed by atoms with Crippen molar-refractivity contribution in [2.24, 2.45) is 0 Å². The average molecular weight is 473 g/mol. The zero-order valence-corrected chi connectivity index (χ0v) is 17.9. The molecular formula is C22H18ClFN4O5. The Labute approximate surface area is 192 Å². The Morgan fingerprint density at radius 3 is 2.45 bits per heavy atom. The minimum atomic E-state index is -0.732. The predicted molar refractivity (Wildman–Crippen MR) is 119 cm³/mol. The highest BCUT2D eigenvalue weighted by Gasteiger charge is 2.26. The smallest absolute Gasteiger partial charge is 0.395 e. The van der Waals surface area contributed by atoms with Crippen LogP contribution in [0.1, 0.15) is 20.9 Å². The highest BCUT2D eigenvalue weighted by atomic mass is 35.5. The first kappa shape index (κ1) is 22.3.